The van der Waals surface area contributed by atoms with Gasteiger partial charge in [0.15, 0.2) is 6.29 Å². The number of aliphatic hydroxyl groups is 3. The van der Waals surface area contributed by atoms with Crippen molar-refractivity contribution in [2.45, 2.75) is 24.6 Å². The Hall–Kier alpha value is -0.200. The van der Waals surface area contributed by atoms with Gasteiger partial charge in [0.1, 0.15) is 18.3 Å². The Balaban J connectivity index is 2.73. The molecule has 0 amide bonds. The van der Waals surface area contributed by atoms with Gasteiger partial charge in [0.2, 0.25) is 0 Å². The number of hydrogen-bond donors (Lipinski definition) is 3. The molecule has 5 nitrogen and oxygen atoms in total. The summed E-state index contributed by atoms with van der Waals surface area (Å²) < 4.78 is 16.7. The summed E-state index contributed by atoms with van der Waals surface area (Å²) in [7, 11) is 1.25. The molecule has 11 heavy (non-hydrogen) atoms. The first kappa shape index (κ1) is 7.45. The van der Waals surface area contributed by atoms with Gasteiger partial charge in [-0.3, -0.25) is 0 Å². The Bertz CT molecular complexity index is 158. The predicted octanol–water partition coefficient (Wildman–Crippen LogP) is -1.93. The highest BCUT2D eigenvalue weighted by molar-refractivity contribution is 4.85. The van der Waals surface area contributed by atoms with Crippen molar-refractivity contribution in [2.75, 3.05) is 13.7 Å². The third-order valence-corrected chi connectivity index (χ3v) is 1.59. The third-order valence-electron chi connectivity index (χ3n) is 1.59. The molecule has 1 heterocycles. The third kappa shape index (κ3) is 1.52. The molecule has 0 saturated carbocycles. The molecule has 1 aliphatic heterocycles. The van der Waals surface area contributed by atoms with E-state index in [1.165, 1.54) is 7.11 Å². The van der Waals surface area contributed by atoms with E-state index in [9.17, 15) is 10.2 Å². The van der Waals surface area contributed by atoms with Crippen molar-refractivity contribution in [1.82, 2.24) is 0 Å². The van der Waals surface area contributed by atoms with Gasteiger partial charge in [0, 0.05) is 7.11 Å². The summed E-state index contributed by atoms with van der Waals surface area (Å²) in [6.07, 6.45) is -5.84. The fraction of sp³-hybridized carbons (Fsp3) is 1.00. The van der Waals surface area contributed by atoms with Crippen LogP contribution in [0.2, 0.25) is 0 Å². The van der Waals surface area contributed by atoms with E-state index < -0.39 is 31.2 Å². The molecule has 0 aromatic rings. The van der Waals surface area contributed by atoms with Crippen LogP contribution in [-0.2, 0) is 9.47 Å². The summed E-state index contributed by atoms with van der Waals surface area (Å²) in [5.74, 6) is 0. The molecule has 0 unspecified atom stereocenters. The largest absolute Gasteiger partial charge is 0.394 e. The molecule has 4 atom stereocenters. The van der Waals surface area contributed by atoms with Crippen molar-refractivity contribution in [1.29, 1.82) is 0 Å². The van der Waals surface area contributed by atoms with E-state index in [1.807, 2.05) is 0 Å². The van der Waals surface area contributed by atoms with Crippen molar-refractivity contribution >= 4 is 0 Å². The van der Waals surface area contributed by atoms with Crippen LogP contribution in [0.5, 0.6) is 0 Å². The summed E-state index contributed by atoms with van der Waals surface area (Å²) in [6.45, 7) is -0.456. The topological polar surface area (TPSA) is 79.2 Å². The Labute approximate surface area is 65.6 Å². The smallest absolute Gasteiger partial charge is 0.186 e. The number of rotatable bonds is 2. The summed E-state index contributed by atoms with van der Waals surface area (Å²) in [4.78, 5) is 0. The Morgan fingerprint density at radius 2 is 2.27 bits per heavy atom. The van der Waals surface area contributed by atoms with Crippen LogP contribution >= 0.6 is 0 Å². The van der Waals surface area contributed by atoms with Gasteiger partial charge in [-0.05, 0) is 0 Å². The minimum Gasteiger partial charge on any atom is -0.394 e. The first-order valence-electron chi connectivity index (χ1n) is 3.73. The van der Waals surface area contributed by atoms with Crippen molar-refractivity contribution in [3.63, 3.8) is 0 Å². The maximum Gasteiger partial charge on any atom is 0.186 e. The van der Waals surface area contributed by atoms with E-state index >= 15 is 0 Å². The van der Waals surface area contributed by atoms with Crippen LogP contribution in [0.4, 0.5) is 0 Å². The lowest BCUT2D eigenvalue weighted by molar-refractivity contribution is -0.153. The number of methoxy groups -OCH3 is 1. The van der Waals surface area contributed by atoms with Crippen LogP contribution in [0.25, 0.3) is 0 Å². The van der Waals surface area contributed by atoms with Gasteiger partial charge < -0.3 is 24.8 Å². The van der Waals surface area contributed by atoms with Crippen LogP contribution in [0.15, 0.2) is 0 Å². The lowest BCUT2D eigenvalue weighted by atomic mass is 10.1. The van der Waals surface area contributed by atoms with Crippen molar-refractivity contribution < 1.29 is 26.2 Å². The van der Waals surface area contributed by atoms with E-state index in [1.54, 1.807) is 0 Å². The molecule has 0 aromatic heterocycles. The highest BCUT2D eigenvalue weighted by atomic mass is 16.7. The molecular formula is C6H12O5. The maximum absolute atomic E-state index is 9.28. The maximum atomic E-state index is 9.28. The lowest BCUT2D eigenvalue weighted by Crippen LogP contribution is -2.34. The average Bonchev–Trinajstić information content (AvgIpc) is 2.25. The predicted molar refractivity (Wildman–Crippen MR) is 34.8 cm³/mol. The minimum atomic E-state index is -2.21. The van der Waals surface area contributed by atoms with Crippen molar-refractivity contribution in [3.05, 3.63) is 0 Å². The van der Waals surface area contributed by atoms with Crippen LogP contribution in [-0.4, -0.2) is 53.6 Å². The zero-order valence-electron chi connectivity index (χ0n) is 7.10. The molecule has 66 valence electrons. The van der Waals surface area contributed by atoms with Crippen LogP contribution in [0.3, 0.4) is 0 Å². The van der Waals surface area contributed by atoms with Gasteiger partial charge in [0.05, 0.1) is 7.98 Å². The molecule has 0 aliphatic carbocycles. The second-order valence-electron chi connectivity index (χ2n) is 2.29. The number of hydrogen-bond acceptors (Lipinski definition) is 5. The molecule has 3 N–H and O–H groups in total. The Kier molecular flexibility index (Phi) is 2.35. The van der Waals surface area contributed by atoms with E-state index in [2.05, 4.69) is 4.74 Å². The van der Waals surface area contributed by atoms with Gasteiger partial charge >= 0.3 is 0 Å². The molecule has 0 radical (unpaired) electrons. The summed E-state index contributed by atoms with van der Waals surface area (Å²) in [5, 5.41) is 27.1. The molecule has 1 rings (SSSR count). The highest BCUT2D eigenvalue weighted by Crippen LogP contribution is 2.20. The fourth-order valence-electron chi connectivity index (χ4n) is 0.952. The summed E-state index contributed by atoms with van der Waals surface area (Å²) in [5.41, 5.74) is 0. The van der Waals surface area contributed by atoms with Crippen LogP contribution in [0, 0.1) is 0 Å². The Morgan fingerprint density at radius 1 is 1.64 bits per heavy atom. The van der Waals surface area contributed by atoms with Crippen LogP contribution in [0.1, 0.15) is 1.37 Å². The number of aliphatic hydroxyl groups excluding tert-OH is 2. The van der Waals surface area contributed by atoms with Gasteiger partial charge in [-0.1, -0.05) is 0 Å². The van der Waals surface area contributed by atoms with Gasteiger partial charge in [-0.15, -0.1) is 0 Å². The first-order valence-corrected chi connectivity index (χ1v) is 3.23. The van der Waals surface area contributed by atoms with Gasteiger partial charge in [-0.25, -0.2) is 0 Å². The molecule has 1 fully saturated rings. The van der Waals surface area contributed by atoms with Gasteiger partial charge in [0.25, 0.3) is 0 Å². The molecule has 5 heteroatoms. The lowest BCUT2D eigenvalue weighted by Gasteiger charge is -2.11. The van der Waals surface area contributed by atoms with Crippen LogP contribution < -0.4 is 0 Å². The summed E-state index contributed by atoms with van der Waals surface area (Å²) >= 11 is 0. The monoisotopic (exact) mass is 165 g/mol. The average molecular weight is 165 g/mol. The SMILES string of the molecule is [2H][C@]1(O)[C@H](OC)O[C@H](CO)[C@H]1O. The van der Waals surface area contributed by atoms with E-state index in [-0.39, 0.29) is 0 Å². The Morgan fingerprint density at radius 3 is 2.55 bits per heavy atom. The molecule has 0 bridgehead atoms. The van der Waals surface area contributed by atoms with E-state index in [0.29, 0.717) is 0 Å². The second kappa shape index (κ2) is 3.46. The van der Waals surface area contributed by atoms with Gasteiger partial charge in [-0.2, -0.15) is 0 Å². The quantitative estimate of drug-likeness (QED) is 0.444. The van der Waals surface area contributed by atoms with Crippen molar-refractivity contribution in [2.24, 2.45) is 0 Å². The highest BCUT2D eigenvalue weighted by Gasteiger charge is 2.42. The second-order valence-corrected chi connectivity index (χ2v) is 2.29. The number of ether oxygens (including phenoxy) is 2. The summed E-state index contributed by atoms with van der Waals surface area (Å²) in [6, 6.07) is 0. The van der Waals surface area contributed by atoms with E-state index in [4.69, 9.17) is 11.2 Å². The molecule has 0 spiro atoms. The first-order chi connectivity index (χ1) is 5.54. The minimum absolute atomic E-state index is 0.456. The zero-order valence-corrected chi connectivity index (χ0v) is 6.10. The van der Waals surface area contributed by atoms with E-state index in [0.717, 1.165) is 0 Å². The standard InChI is InChI=1S/C6H12O5/c1-10-6-5(9)4(8)3(2-7)11-6/h3-9H,2H2,1H3/t3-,4-,5-,6-/m1/s1/i5D. The van der Waals surface area contributed by atoms with Crippen molar-refractivity contribution in [3.8, 4) is 0 Å². The zero-order chi connectivity index (χ0) is 9.35. The molecule has 1 aliphatic rings. The molecule has 1 saturated heterocycles. The molecule has 0 aromatic carbocycles. The fourth-order valence-corrected chi connectivity index (χ4v) is 0.952. The molecular weight excluding hydrogens is 152 g/mol. The normalized spacial score (nSPS) is 52.7.